The van der Waals surface area contributed by atoms with Crippen LogP contribution < -0.4 is 5.73 Å². The smallest absolute Gasteiger partial charge is 0.0951 e. The highest BCUT2D eigenvalue weighted by molar-refractivity contribution is 7.15. The van der Waals surface area contributed by atoms with Gasteiger partial charge in [0.2, 0.25) is 0 Å². The molecule has 0 aliphatic rings. The Kier molecular flexibility index (Phi) is 3.85. The molecule has 1 aromatic carbocycles. The minimum Gasteiger partial charge on any atom is -0.330 e. The molecule has 2 heterocycles. The van der Waals surface area contributed by atoms with Crippen LogP contribution >= 0.6 is 11.3 Å². The maximum Gasteiger partial charge on any atom is 0.0951 e. The van der Waals surface area contributed by atoms with E-state index in [0.29, 0.717) is 6.54 Å². The van der Waals surface area contributed by atoms with Gasteiger partial charge < -0.3 is 5.73 Å². The van der Waals surface area contributed by atoms with Crippen LogP contribution in [0.4, 0.5) is 0 Å². The van der Waals surface area contributed by atoms with Crippen LogP contribution in [0.25, 0.3) is 21.7 Å². The molecule has 0 fully saturated rings. The fourth-order valence-corrected chi connectivity index (χ4v) is 3.19. The predicted octanol–water partition coefficient (Wildman–Crippen LogP) is 3.37. The van der Waals surface area contributed by atoms with Gasteiger partial charge in [-0.25, -0.2) is 4.98 Å². The molecule has 0 aliphatic carbocycles. The second-order valence-electron chi connectivity index (χ2n) is 4.43. The zero-order valence-corrected chi connectivity index (χ0v) is 11.8. The van der Waals surface area contributed by atoms with Crippen LogP contribution in [-0.4, -0.2) is 16.5 Å². The van der Waals surface area contributed by atoms with Crippen molar-refractivity contribution in [3.8, 4) is 21.7 Å². The maximum atomic E-state index is 5.65. The van der Waals surface area contributed by atoms with Gasteiger partial charge in [-0.1, -0.05) is 30.3 Å². The highest BCUT2D eigenvalue weighted by atomic mass is 32.1. The number of thiazole rings is 1. The Hall–Kier alpha value is -2.04. The van der Waals surface area contributed by atoms with Crippen molar-refractivity contribution >= 4 is 11.3 Å². The quantitative estimate of drug-likeness (QED) is 0.797. The molecule has 2 aromatic heterocycles. The standard InChI is InChI=1S/C16H15N3S/c17-9-6-14-19-15(12-7-10-18-11-8-12)16(20-14)13-4-2-1-3-5-13/h1-5,7-8,10-11H,6,9,17H2. The van der Waals surface area contributed by atoms with E-state index in [-0.39, 0.29) is 0 Å². The summed E-state index contributed by atoms with van der Waals surface area (Å²) in [6.45, 7) is 0.623. The number of rotatable bonds is 4. The Morgan fingerprint density at radius 2 is 1.70 bits per heavy atom. The topological polar surface area (TPSA) is 51.8 Å². The number of hydrogen-bond acceptors (Lipinski definition) is 4. The van der Waals surface area contributed by atoms with Gasteiger partial charge in [-0.05, 0) is 24.2 Å². The van der Waals surface area contributed by atoms with E-state index in [1.807, 2.05) is 30.3 Å². The van der Waals surface area contributed by atoms with Crippen molar-refractivity contribution in [1.82, 2.24) is 9.97 Å². The SMILES string of the molecule is NCCc1nc(-c2ccncc2)c(-c2ccccc2)s1. The number of nitrogens with zero attached hydrogens (tertiary/aromatic N) is 2. The van der Waals surface area contributed by atoms with Crippen LogP contribution in [0.5, 0.6) is 0 Å². The molecule has 0 spiro atoms. The lowest BCUT2D eigenvalue weighted by Gasteiger charge is -2.02. The molecule has 0 amide bonds. The van der Waals surface area contributed by atoms with Gasteiger partial charge in [0.15, 0.2) is 0 Å². The minimum absolute atomic E-state index is 0.623. The molecule has 0 bridgehead atoms. The minimum atomic E-state index is 0.623. The van der Waals surface area contributed by atoms with Crippen molar-refractivity contribution in [2.75, 3.05) is 6.54 Å². The lowest BCUT2D eigenvalue weighted by Crippen LogP contribution is -2.01. The number of benzene rings is 1. The average Bonchev–Trinajstić information content (AvgIpc) is 2.93. The fraction of sp³-hybridized carbons (Fsp3) is 0.125. The monoisotopic (exact) mass is 281 g/mol. The lowest BCUT2D eigenvalue weighted by atomic mass is 10.1. The summed E-state index contributed by atoms with van der Waals surface area (Å²) in [6.07, 6.45) is 4.41. The Balaban J connectivity index is 2.13. The summed E-state index contributed by atoms with van der Waals surface area (Å²) in [5, 5.41) is 1.08. The number of nitrogens with two attached hydrogens (primary N) is 1. The molecule has 3 aromatic rings. The highest BCUT2D eigenvalue weighted by Crippen LogP contribution is 2.36. The van der Waals surface area contributed by atoms with Crippen LogP contribution in [0.15, 0.2) is 54.9 Å². The van der Waals surface area contributed by atoms with Gasteiger partial charge in [-0.2, -0.15) is 0 Å². The largest absolute Gasteiger partial charge is 0.330 e. The molecule has 0 unspecified atom stereocenters. The molecule has 20 heavy (non-hydrogen) atoms. The van der Waals surface area contributed by atoms with Gasteiger partial charge in [0.1, 0.15) is 0 Å². The zero-order chi connectivity index (χ0) is 13.8. The van der Waals surface area contributed by atoms with Gasteiger partial charge in [0.05, 0.1) is 15.6 Å². The normalized spacial score (nSPS) is 10.7. The first-order valence-electron chi connectivity index (χ1n) is 6.54. The Morgan fingerprint density at radius 3 is 2.40 bits per heavy atom. The zero-order valence-electron chi connectivity index (χ0n) is 11.0. The van der Waals surface area contributed by atoms with E-state index < -0.39 is 0 Å². The molecule has 0 aliphatic heterocycles. The molecule has 100 valence electrons. The number of pyridine rings is 1. The average molecular weight is 281 g/mol. The molecule has 2 N–H and O–H groups in total. The summed E-state index contributed by atoms with van der Waals surface area (Å²) in [4.78, 5) is 10.0. The molecule has 0 saturated carbocycles. The van der Waals surface area contributed by atoms with E-state index in [9.17, 15) is 0 Å². The van der Waals surface area contributed by atoms with Crippen LogP contribution in [0, 0.1) is 0 Å². The second-order valence-corrected chi connectivity index (χ2v) is 5.51. The van der Waals surface area contributed by atoms with E-state index in [0.717, 1.165) is 22.7 Å². The van der Waals surface area contributed by atoms with Crippen molar-refractivity contribution < 1.29 is 0 Å². The van der Waals surface area contributed by atoms with Crippen LogP contribution in [-0.2, 0) is 6.42 Å². The maximum absolute atomic E-state index is 5.65. The van der Waals surface area contributed by atoms with Gasteiger partial charge in [-0.3, -0.25) is 4.98 Å². The van der Waals surface area contributed by atoms with Crippen molar-refractivity contribution in [2.24, 2.45) is 5.73 Å². The number of aromatic nitrogens is 2. The predicted molar refractivity (Wildman–Crippen MR) is 83.5 cm³/mol. The Morgan fingerprint density at radius 1 is 0.950 bits per heavy atom. The molecule has 3 rings (SSSR count). The van der Waals surface area contributed by atoms with Crippen molar-refractivity contribution in [3.05, 3.63) is 59.9 Å². The molecule has 3 nitrogen and oxygen atoms in total. The van der Waals surface area contributed by atoms with Crippen LogP contribution in [0.1, 0.15) is 5.01 Å². The number of hydrogen-bond donors (Lipinski definition) is 1. The summed E-state index contributed by atoms with van der Waals surface area (Å²) in [5.41, 5.74) is 8.96. The van der Waals surface area contributed by atoms with E-state index in [1.165, 1.54) is 10.4 Å². The van der Waals surface area contributed by atoms with Gasteiger partial charge in [0, 0.05) is 24.4 Å². The van der Waals surface area contributed by atoms with E-state index in [1.54, 1.807) is 23.7 Å². The van der Waals surface area contributed by atoms with Gasteiger partial charge in [-0.15, -0.1) is 11.3 Å². The van der Waals surface area contributed by atoms with E-state index >= 15 is 0 Å². The summed E-state index contributed by atoms with van der Waals surface area (Å²) >= 11 is 1.72. The third-order valence-corrected chi connectivity index (χ3v) is 4.18. The van der Waals surface area contributed by atoms with Gasteiger partial charge in [0.25, 0.3) is 0 Å². The van der Waals surface area contributed by atoms with Crippen LogP contribution in [0.2, 0.25) is 0 Å². The van der Waals surface area contributed by atoms with Crippen molar-refractivity contribution in [3.63, 3.8) is 0 Å². The Labute approximate surface area is 122 Å². The van der Waals surface area contributed by atoms with Crippen LogP contribution in [0.3, 0.4) is 0 Å². The Bertz CT molecular complexity index is 620. The van der Waals surface area contributed by atoms with E-state index in [2.05, 4.69) is 17.1 Å². The molecule has 0 radical (unpaired) electrons. The molecule has 0 saturated heterocycles. The first-order chi connectivity index (χ1) is 9.88. The molecular weight excluding hydrogens is 266 g/mol. The molecular formula is C16H15N3S. The first-order valence-corrected chi connectivity index (χ1v) is 7.35. The second kappa shape index (κ2) is 5.94. The summed E-state index contributed by atoms with van der Waals surface area (Å²) in [7, 11) is 0. The van der Waals surface area contributed by atoms with Gasteiger partial charge >= 0.3 is 0 Å². The highest BCUT2D eigenvalue weighted by Gasteiger charge is 2.14. The van der Waals surface area contributed by atoms with Crippen molar-refractivity contribution in [2.45, 2.75) is 6.42 Å². The molecule has 4 heteroatoms. The van der Waals surface area contributed by atoms with E-state index in [4.69, 9.17) is 10.7 Å². The molecule has 0 atom stereocenters. The summed E-state index contributed by atoms with van der Waals surface area (Å²) < 4.78 is 0. The summed E-state index contributed by atoms with van der Waals surface area (Å²) in [6, 6.07) is 14.3. The van der Waals surface area contributed by atoms with Crippen molar-refractivity contribution in [1.29, 1.82) is 0 Å². The third-order valence-electron chi connectivity index (χ3n) is 3.02. The fourth-order valence-electron chi connectivity index (χ4n) is 2.09. The summed E-state index contributed by atoms with van der Waals surface area (Å²) in [5.74, 6) is 0. The third kappa shape index (κ3) is 2.61. The first kappa shape index (κ1) is 13.0. The lowest BCUT2D eigenvalue weighted by molar-refractivity contribution is 0.954.